The maximum Gasteiger partial charge on any atom is 0.407 e. The molecule has 0 saturated carbocycles. The van der Waals surface area contributed by atoms with Crippen molar-refractivity contribution in [1.29, 1.82) is 0 Å². The van der Waals surface area contributed by atoms with Crippen LogP contribution in [0.5, 0.6) is 0 Å². The lowest BCUT2D eigenvalue weighted by molar-refractivity contribution is 0.155. The summed E-state index contributed by atoms with van der Waals surface area (Å²) in [6, 6.07) is 6.01. The summed E-state index contributed by atoms with van der Waals surface area (Å²) in [5.74, 6) is 0.127. The number of halogens is 2. The lowest BCUT2D eigenvalue weighted by atomic mass is 10.1. The van der Waals surface area contributed by atoms with Crippen molar-refractivity contribution in [1.82, 2.24) is 9.88 Å². The first kappa shape index (κ1) is 13.9. The number of nitrogens with one attached hydrogen (secondary N) is 1. The van der Waals surface area contributed by atoms with Gasteiger partial charge in [-0.3, -0.25) is 0 Å². The molecule has 7 heteroatoms. The van der Waals surface area contributed by atoms with E-state index in [2.05, 4.69) is 10.3 Å². The Morgan fingerprint density at radius 3 is 3.00 bits per heavy atom. The zero-order valence-corrected chi connectivity index (χ0v) is 11.8. The summed E-state index contributed by atoms with van der Waals surface area (Å²) in [5, 5.41) is 13.9. The van der Waals surface area contributed by atoms with E-state index in [1.165, 1.54) is 17.0 Å². The van der Waals surface area contributed by atoms with Crippen molar-refractivity contribution in [3.8, 4) is 0 Å². The highest BCUT2D eigenvalue weighted by atomic mass is 35.5. The first-order valence-electron chi connectivity index (χ1n) is 6.53. The molecule has 0 bridgehead atoms. The number of pyridine rings is 1. The maximum atomic E-state index is 13.4. The number of carbonyl (C=O) groups is 1. The van der Waals surface area contributed by atoms with Crippen LogP contribution in [0.15, 0.2) is 24.3 Å². The van der Waals surface area contributed by atoms with Gasteiger partial charge in [-0.05, 0) is 30.0 Å². The fourth-order valence-electron chi connectivity index (χ4n) is 2.54. The number of rotatable bonds is 2. The Kier molecular flexibility index (Phi) is 3.55. The van der Waals surface area contributed by atoms with E-state index in [0.29, 0.717) is 35.9 Å². The van der Waals surface area contributed by atoms with Crippen LogP contribution in [0.3, 0.4) is 0 Å². The topological polar surface area (TPSA) is 65.5 Å². The summed E-state index contributed by atoms with van der Waals surface area (Å²) >= 11 is 5.98. The standard InChI is InChI=1S/C14H13ClFN3O2/c15-12-5-8-1-2-9(16)6-11(8)13(18-12)17-10-3-4-19(7-10)14(20)21/h1-2,5-6,10H,3-4,7H2,(H,17,18)(H,20,21)/t10-/m0/s1. The first-order valence-corrected chi connectivity index (χ1v) is 6.91. The molecule has 2 aromatic rings. The van der Waals surface area contributed by atoms with Crippen LogP contribution in [0.4, 0.5) is 15.0 Å². The van der Waals surface area contributed by atoms with Crippen molar-refractivity contribution in [2.75, 3.05) is 18.4 Å². The van der Waals surface area contributed by atoms with Gasteiger partial charge in [0, 0.05) is 24.5 Å². The summed E-state index contributed by atoms with van der Waals surface area (Å²) in [6.07, 6.45) is -0.258. The normalized spacial score (nSPS) is 18.2. The van der Waals surface area contributed by atoms with E-state index < -0.39 is 6.09 Å². The number of amides is 1. The molecule has 1 aliphatic heterocycles. The van der Waals surface area contributed by atoms with Crippen molar-refractivity contribution in [3.05, 3.63) is 35.2 Å². The van der Waals surface area contributed by atoms with Gasteiger partial charge in [0.25, 0.3) is 0 Å². The predicted molar refractivity (Wildman–Crippen MR) is 78.3 cm³/mol. The van der Waals surface area contributed by atoms with Crippen LogP contribution in [-0.4, -0.2) is 40.2 Å². The number of anilines is 1. The van der Waals surface area contributed by atoms with E-state index in [4.69, 9.17) is 16.7 Å². The van der Waals surface area contributed by atoms with Gasteiger partial charge in [0.1, 0.15) is 16.8 Å². The second-order valence-corrected chi connectivity index (χ2v) is 5.40. The summed E-state index contributed by atoms with van der Waals surface area (Å²) in [7, 11) is 0. The van der Waals surface area contributed by atoms with E-state index in [9.17, 15) is 9.18 Å². The highest BCUT2D eigenvalue weighted by Crippen LogP contribution is 2.27. The molecule has 1 aromatic heterocycles. The number of carboxylic acid groups (broad SMARTS) is 1. The number of benzene rings is 1. The average Bonchev–Trinajstić information content (AvgIpc) is 2.88. The Balaban J connectivity index is 1.90. The summed E-state index contributed by atoms with van der Waals surface area (Å²) in [6.45, 7) is 0.847. The van der Waals surface area contributed by atoms with Crippen LogP contribution >= 0.6 is 11.6 Å². The molecule has 1 atom stereocenters. The molecule has 1 saturated heterocycles. The van der Waals surface area contributed by atoms with Crippen LogP contribution in [0.2, 0.25) is 5.15 Å². The Morgan fingerprint density at radius 1 is 1.48 bits per heavy atom. The van der Waals surface area contributed by atoms with E-state index in [1.807, 2.05) is 0 Å². The number of likely N-dealkylation sites (tertiary alicyclic amines) is 1. The lowest BCUT2D eigenvalue weighted by Crippen LogP contribution is -2.30. The lowest BCUT2D eigenvalue weighted by Gasteiger charge is -2.16. The molecule has 0 aliphatic carbocycles. The maximum absolute atomic E-state index is 13.4. The molecule has 3 rings (SSSR count). The number of fused-ring (bicyclic) bond motifs is 1. The molecule has 2 heterocycles. The van der Waals surface area contributed by atoms with Crippen molar-refractivity contribution in [3.63, 3.8) is 0 Å². The van der Waals surface area contributed by atoms with Crippen molar-refractivity contribution in [2.24, 2.45) is 0 Å². The third-order valence-corrected chi connectivity index (χ3v) is 3.76. The van der Waals surface area contributed by atoms with Crippen LogP contribution in [0, 0.1) is 5.82 Å². The minimum absolute atomic E-state index is 0.0569. The molecule has 110 valence electrons. The molecular formula is C14H13ClFN3O2. The fourth-order valence-corrected chi connectivity index (χ4v) is 2.74. The summed E-state index contributed by atoms with van der Waals surface area (Å²) < 4.78 is 13.4. The van der Waals surface area contributed by atoms with E-state index >= 15 is 0 Å². The van der Waals surface area contributed by atoms with Crippen LogP contribution in [0.25, 0.3) is 10.8 Å². The third-order valence-electron chi connectivity index (χ3n) is 3.56. The summed E-state index contributed by atoms with van der Waals surface area (Å²) in [4.78, 5) is 16.5. The molecule has 1 aliphatic rings. The van der Waals surface area contributed by atoms with Crippen LogP contribution < -0.4 is 5.32 Å². The average molecular weight is 310 g/mol. The second-order valence-electron chi connectivity index (χ2n) is 5.02. The largest absolute Gasteiger partial charge is 0.465 e. The molecule has 0 spiro atoms. The molecule has 0 unspecified atom stereocenters. The van der Waals surface area contributed by atoms with Crippen molar-refractivity contribution >= 4 is 34.3 Å². The number of aromatic nitrogens is 1. The van der Waals surface area contributed by atoms with Gasteiger partial charge in [0.2, 0.25) is 0 Å². The van der Waals surface area contributed by atoms with Gasteiger partial charge in [0.05, 0.1) is 0 Å². The Hall–Kier alpha value is -2.08. The quantitative estimate of drug-likeness (QED) is 0.836. The smallest absolute Gasteiger partial charge is 0.407 e. The molecule has 1 amide bonds. The molecule has 21 heavy (non-hydrogen) atoms. The van der Waals surface area contributed by atoms with E-state index in [-0.39, 0.29) is 11.9 Å². The Labute approximate surface area is 125 Å². The van der Waals surface area contributed by atoms with Gasteiger partial charge >= 0.3 is 6.09 Å². The van der Waals surface area contributed by atoms with Gasteiger partial charge in [-0.25, -0.2) is 14.2 Å². The number of hydrogen-bond acceptors (Lipinski definition) is 3. The summed E-state index contributed by atoms with van der Waals surface area (Å²) in [5.41, 5.74) is 0. The molecule has 1 fully saturated rings. The SMILES string of the molecule is O=C(O)N1CC[C@H](Nc2nc(Cl)cc3ccc(F)cc23)C1. The highest BCUT2D eigenvalue weighted by Gasteiger charge is 2.26. The molecule has 2 N–H and O–H groups in total. The Bertz CT molecular complexity index is 710. The highest BCUT2D eigenvalue weighted by molar-refractivity contribution is 6.30. The fraction of sp³-hybridized carbons (Fsp3) is 0.286. The zero-order valence-electron chi connectivity index (χ0n) is 11.0. The minimum Gasteiger partial charge on any atom is -0.465 e. The zero-order chi connectivity index (χ0) is 15.0. The van der Waals surface area contributed by atoms with Crippen LogP contribution in [0.1, 0.15) is 6.42 Å². The van der Waals surface area contributed by atoms with Crippen molar-refractivity contribution < 1.29 is 14.3 Å². The van der Waals surface area contributed by atoms with Gasteiger partial charge in [-0.1, -0.05) is 17.7 Å². The first-order chi connectivity index (χ1) is 10.0. The van der Waals surface area contributed by atoms with Crippen molar-refractivity contribution in [2.45, 2.75) is 12.5 Å². The van der Waals surface area contributed by atoms with Gasteiger partial charge in [-0.15, -0.1) is 0 Å². The molecular weight excluding hydrogens is 297 g/mol. The van der Waals surface area contributed by atoms with Gasteiger partial charge in [0.15, 0.2) is 0 Å². The van der Waals surface area contributed by atoms with E-state index in [0.717, 1.165) is 5.39 Å². The third kappa shape index (κ3) is 2.85. The number of hydrogen-bond donors (Lipinski definition) is 2. The van der Waals surface area contributed by atoms with Crippen LogP contribution in [-0.2, 0) is 0 Å². The minimum atomic E-state index is -0.936. The number of nitrogens with zero attached hydrogens (tertiary/aromatic N) is 2. The van der Waals surface area contributed by atoms with Gasteiger partial charge in [-0.2, -0.15) is 0 Å². The Morgan fingerprint density at radius 2 is 2.29 bits per heavy atom. The van der Waals surface area contributed by atoms with Gasteiger partial charge < -0.3 is 15.3 Å². The molecule has 5 nitrogen and oxygen atoms in total. The van der Waals surface area contributed by atoms with E-state index in [1.54, 1.807) is 12.1 Å². The predicted octanol–water partition coefficient (Wildman–Crippen LogP) is 3.19. The molecule has 1 aromatic carbocycles. The second kappa shape index (κ2) is 5.37. The molecule has 0 radical (unpaired) electrons. The monoisotopic (exact) mass is 309 g/mol.